The van der Waals surface area contributed by atoms with Crippen LogP contribution in [0.5, 0.6) is 5.75 Å². The summed E-state index contributed by atoms with van der Waals surface area (Å²) in [7, 11) is 1.64. The first-order valence-corrected chi connectivity index (χ1v) is 12.5. The van der Waals surface area contributed by atoms with Crippen molar-refractivity contribution in [2.75, 3.05) is 24.3 Å². The predicted octanol–water partition coefficient (Wildman–Crippen LogP) is 6.76. The minimum absolute atomic E-state index is 0.303. The fourth-order valence-corrected chi connectivity index (χ4v) is 4.71. The minimum atomic E-state index is -4.39. The van der Waals surface area contributed by atoms with Crippen LogP contribution in [0.1, 0.15) is 49.3 Å². The molecule has 1 aliphatic rings. The second kappa shape index (κ2) is 10.7. The maximum Gasteiger partial charge on any atom is 0.416 e. The Kier molecular flexibility index (Phi) is 7.16. The lowest BCUT2D eigenvalue weighted by Gasteiger charge is -2.23. The molecule has 37 heavy (non-hydrogen) atoms. The van der Waals surface area contributed by atoms with E-state index < -0.39 is 11.7 Å². The Morgan fingerprint density at radius 2 is 1.70 bits per heavy atom. The maximum atomic E-state index is 13.0. The van der Waals surface area contributed by atoms with E-state index in [1.165, 1.54) is 31.4 Å². The summed E-state index contributed by atoms with van der Waals surface area (Å²) in [4.78, 5) is 14.0. The molecule has 0 spiro atoms. The van der Waals surface area contributed by atoms with Gasteiger partial charge in [0.25, 0.3) is 0 Å². The summed E-state index contributed by atoms with van der Waals surface area (Å²) in [5, 5.41) is 6.46. The average molecular weight is 511 g/mol. The average Bonchev–Trinajstić information content (AvgIpc) is 3.33. The van der Waals surface area contributed by atoms with Crippen molar-refractivity contribution < 1.29 is 17.9 Å². The molecule has 2 aromatic carbocycles. The van der Waals surface area contributed by atoms with Gasteiger partial charge in [-0.2, -0.15) is 23.1 Å². The summed E-state index contributed by atoms with van der Waals surface area (Å²) in [6.07, 6.45) is 3.90. The number of alkyl halides is 3. The number of nitrogens with zero attached hydrogens (tertiary/aromatic N) is 4. The molecule has 7 nitrogen and oxygen atoms in total. The van der Waals surface area contributed by atoms with Crippen molar-refractivity contribution in [3.8, 4) is 5.75 Å². The smallest absolute Gasteiger partial charge is 0.416 e. The van der Waals surface area contributed by atoms with Crippen LogP contribution in [-0.2, 0) is 12.6 Å². The second-order valence-electron chi connectivity index (χ2n) is 9.24. The molecule has 0 bridgehead atoms. The number of imidazole rings is 1. The van der Waals surface area contributed by atoms with E-state index >= 15 is 0 Å². The SMILES string of the molecule is COc1ccc(CCNc2nc(Nc3ccc(C(F)(F)F)cc3)nc3c2ncn3C2CCCCC2)cc1. The van der Waals surface area contributed by atoms with Crippen molar-refractivity contribution in [2.45, 2.75) is 50.7 Å². The number of ether oxygens (including phenoxy) is 1. The van der Waals surface area contributed by atoms with E-state index in [1.54, 1.807) is 7.11 Å². The zero-order valence-corrected chi connectivity index (χ0v) is 20.6. The van der Waals surface area contributed by atoms with Crippen LogP contribution in [0.3, 0.4) is 0 Å². The van der Waals surface area contributed by atoms with Gasteiger partial charge in [-0.25, -0.2) is 4.98 Å². The van der Waals surface area contributed by atoms with Gasteiger partial charge >= 0.3 is 6.18 Å². The van der Waals surface area contributed by atoms with Crippen LogP contribution in [0.25, 0.3) is 11.2 Å². The number of anilines is 3. The highest BCUT2D eigenvalue weighted by Gasteiger charge is 2.30. The van der Waals surface area contributed by atoms with Gasteiger partial charge in [0.2, 0.25) is 5.95 Å². The molecule has 0 unspecified atom stereocenters. The van der Waals surface area contributed by atoms with Gasteiger partial charge in [-0.3, -0.25) is 0 Å². The molecule has 0 saturated heterocycles. The Hall–Kier alpha value is -3.82. The quantitative estimate of drug-likeness (QED) is 0.273. The molecule has 1 saturated carbocycles. The summed E-state index contributed by atoms with van der Waals surface area (Å²) in [6, 6.07) is 13.1. The van der Waals surface area contributed by atoms with Gasteiger partial charge < -0.3 is 19.9 Å². The molecular weight excluding hydrogens is 481 g/mol. The van der Waals surface area contributed by atoms with E-state index in [0.717, 1.165) is 42.7 Å². The molecule has 0 atom stereocenters. The molecule has 0 amide bonds. The van der Waals surface area contributed by atoms with Crippen LogP contribution in [0.2, 0.25) is 0 Å². The third-order valence-electron chi connectivity index (χ3n) is 6.72. The van der Waals surface area contributed by atoms with Crippen molar-refractivity contribution in [2.24, 2.45) is 0 Å². The van der Waals surface area contributed by atoms with Gasteiger partial charge in [-0.15, -0.1) is 0 Å². The first kappa shape index (κ1) is 24.9. The molecule has 4 aromatic rings. The number of hydrogen-bond donors (Lipinski definition) is 2. The van der Waals surface area contributed by atoms with Crippen LogP contribution < -0.4 is 15.4 Å². The number of rotatable bonds is 8. The van der Waals surface area contributed by atoms with E-state index in [0.29, 0.717) is 41.2 Å². The van der Waals surface area contributed by atoms with Gasteiger partial charge in [-0.05, 0) is 61.2 Å². The van der Waals surface area contributed by atoms with E-state index in [9.17, 15) is 13.2 Å². The molecule has 194 valence electrons. The summed E-state index contributed by atoms with van der Waals surface area (Å²) >= 11 is 0. The minimum Gasteiger partial charge on any atom is -0.497 e. The van der Waals surface area contributed by atoms with Gasteiger partial charge in [-0.1, -0.05) is 31.4 Å². The zero-order chi connectivity index (χ0) is 25.8. The lowest BCUT2D eigenvalue weighted by Crippen LogP contribution is -2.13. The van der Waals surface area contributed by atoms with Crippen LogP contribution in [0.15, 0.2) is 54.9 Å². The van der Waals surface area contributed by atoms with Crippen molar-refractivity contribution in [1.82, 2.24) is 19.5 Å². The second-order valence-corrected chi connectivity index (χ2v) is 9.24. The number of fused-ring (bicyclic) bond motifs is 1. The summed E-state index contributed by atoms with van der Waals surface area (Å²) in [6.45, 7) is 0.619. The monoisotopic (exact) mass is 510 g/mol. The van der Waals surface area contributed by atoms with Gasteiger partial charge in [0.15, 0.2) is 17.0 Å². The Labute approximate surface area is 213 Å². The zero-order valence-electron chi connectivity index (χ0n) is 20.6. The van der Waals surface area contributed by atoms with Gasteiger partial charge in [0, 0.05) is 18.3 Å². The highest BCUT2D eigenvalue weighted by Crippen LogP contribution is 2.33. The fraction of sp³-hybridized carbons (Fsp3) is 0.370. The maximum absolute atomic E-state index is 13.0. The molecule has 0 radical (unpaired) electrons. The number of halogens is 3. The third kappa shape index (κ3) is 5.79. The topological polar surface area (TPSA) is 76.9 Å². The fourth-order valence-electron chi connectivity index (χ4n) is 4.71. The number of aromatic nitrogens is 4. The van der Waals surface area contributed by atoms with Crippen molar-refractivity contribution in [3.05, 3.63) is 66.0 Å². The Bertz CT molecular complexity index is 1330. The first-order chi connectivity index (χ1) is 17.9. The molecule has 2 heterocycles. The Morgan fingerprint density at radius 1 is 0.973 bits per heavy atom. The number of benzene rings is 2. The lowest BCUT2D eigenvalue weighted by molar-refractivity contribution is -0.137. The number of nitrogens with one attached hydrogen (secondary N) is 2. The molecule has 0 aliphatic heterocycles. The number of methoxy groups -OCH3 is 1. The summed E-state index contributed by atoms with van der Waals surface area (Å²) in [5.41, 5.74) is 2.31. The normalized spacial score (nSPS) is 14.6. The van der Waals surface area contributed by atoms with E-state index in [1.807, 2.05) is 30.6 Å². The Morgan fingerprint density at radius 3 is 2.38 bits per heavy atom. The molecular formula is C27H29F3N6O. The molecule has 2 N–H and O–H groups in total. The van der Waals surface area contributed by atoms with Crippen LogP contribution in [-0.4, -0.2) is 33.2 Å². The van der Waals surface area contributed by atoms with Crippen molar-refractivity contribution in [3.63, 3.8) is 0 Å². The van der Waals surface area contributed by atoms with Crippen molar-refractivity contribution in [1.29, 1.82) is 0 Å². The first-order valence-electron chi connectivity index (χ1n) is 12.5. The molecule has 1 fully saturated rings. The largest absolute Gasteiger partial charge is 0.497 e. The Balaban J connectivity index is 1.41. The predicted molar refractivity (Wildman–Crippen MR) is 137 cm³/mol. The highest BCUT2D eigenvalue weighted by molar-refractivity contribution is 5.84. The highest BCUT2D eigenvalue weighted by atomic mass is 19.4. The van der Waals surface area contributed by atoms with Crippen LogP contribution in [0, 0.1) is 0 Å². The van der Waals surface area contributed by atoms with Crippen molar-refractivity contribution >= 4 is 28.6 Å². The lowest BCUT2D eigenvalue weighted by atomic mass is 9.95. The van der Waals surface area contributed by atoms with Gasteiger partial charge in [0.1, 0.15) is 5.75 Å². The van der Waals surface area contributed by atoms with E-state index in [-0.39, 0.29) is 0 Å². The number of hydrogen-bond acceptors (Lipinski definition) is 6. The third-order valence-corrected chi connectivity index (χ3v) is 6.72. The van der Waals surface area contributed by atoms with Crippen LogP contribution in [0.4, 0.5) is 30.6 Å². The molecule has 2 aromatic heterocycles. The molecule has 1 aliphatic carbocycles. The summed E-state index contributed by atoms with van der Waals surface area (Å²) in [5.74, 6) is 1.70. The van der Waals surface area contributed by atoms with Gasteiger partial charge in [0.05, 0.1) is 19.0 Å². The molecule has 10 heteroatoms. The summed E-state index contributed by atoms with van der Waals surface area (Å²) < 4.78 is 46.2. The van der Waals surface area contributed by atoms with E-state index in [4.69, 9.17) is 9.72 Å². The molecule has 5 rings (SSSR count). The standard InChI is InChI=1S/C27H29F3N6O/c1-37-22-13-7-18(8-14-22)15-16-31-24-23-25(36(17-32-23)21-5-3-2-4-6-21)35-26(34-24)33-20-11-9-19(10-12-20)27(28,29)30/h7-14,17,21H,2-6,15-16H2,1H3,(H2,31,33,34,35). The van der Waals surface area contributed by atoms with Crippen LogP contribution >= 0.6 is 0 Å². The van der Waals surface area contributed by atoms with E-state index in [2.05, 4.69) is 25.2 Å².